The SMILES string of the molecule is CCCOc1ccc(-c2cc(CCC(=O)O)c(=O)[nH]n2)cc1. The minimum atomic E-state index is -0.935. The van der Waals surface area contributed by atoms with Crippen LogP contribution in [0.3, 0.4) is 0 Å². The molecule has 0 bridgehead atoms. The van der Waals surface area contributed by atoms with E-state index in [2.05, 4.69) is 10.2 Å². The van der Waals surface area contributed by atoms with E-state index in [0.717, 1.165) is 17.7 Å². The molecule has 6 nitrogen and oxygen atoms in total. The largest absolute Gasteiger partial charge is 0.494 e. The summed E-state index contributed by atoms with van der Waals surface area (Å²) in [6.07, 6.45) is 1.03. The van der Waals surface area contributed by atoms with Gasteiger partial charge in [0.15, 0.2) is 0 Å². The lowest BCUT2D eigenvalue weighted by Crippen LogP contribution is -2.15. The number of hydrogen-bond donors (Lipinski definition) is 2. The van der Waals surface area contributed by atoms with Crippen molar-refractivity contribution in [2.75, 3.05) is 6.61 Å². The third-order valence-corrected chi connectivity index (χ3v) is 3.11. The van der Waals surface area contributed by atoms with Crippen molar-refractivity contribution in [2.45, 2.75) is 26.2 Å². The van der Waals surface area contributed by atoms with E-state index in [-0.39, 0.29) is 18.4 Å². The van der Waals surface area contributed by atoms with Crippen molar-refractivity contribution in [3.63, 3.8) is 0 Å². The highest BCUT2D eigenvalue weighted by Gasteiger charge is 2.08. The second-order valence-electron chi connectivity index (χ2n) is 4.87. The van der Waals surface area contributed by atoms with Gasteiger partial charge in [0.2, 0.25) is 0 Å². The fourth-order valence-corrected chi connectivity index (χ4v) is 1.96. The van der Waals surface area contributed by atoms with Gasteiger partial charge in [-0.3, -0.25) is 9.59 Å². The van der Waals surface area contributed by atoms with Gasteiger partial charge in [-0.05, 0) is 43.2 Å². The van der Waals surface area contributed by atoms with E-state index in [0.29, 0.717) is 17.9 Å². The smallest absolute Gasteiger partial charge is 0.303 e. The summed E-state index contributed by atoms with van der Waals surface area (Å²) in [6.45, 7) is 2.70. The van der Waals surface area contributed by atoms with Crippen molar-refractivity contribution in [2.24, 2.45) is 0 Å². The van der Waals surface area contributed by atoms with Gasteiger partial charge in [-0.15, -0.1) is 0 Å². The van der Waals surface area contributed by atoms with Gasteiger partial charge < -0.3 is 9.84 Å². The number of benzene rings is 1. The Morgan fingerprint density at radius 1 is 1.32 bits per heavy atom. The van der Waals surface area contributed by atoms with Crippen molar-refractivity contribution >= 4 is 5.97 Å². The molecule has 2 rings (SSSR count). The summed E-state index contributed by atoms with van der Waals surface area (Å²) >= 11 is 0. The molecule has 0 unspecified atom stereocenters. The summed E-state index contributed by atoms with van der Waals surface area (Å²) < 4.78 is 5.51. The molecule has 1 aromatic carbocycles. The minimum absolute atomic E-state index is 0.0870. The van der Waals surface area contributed by atoms with Crippen LogP contribution in [0.15, 0.2) is 35.1 Å². The molecule has 22 heavy (non-hydrogen) atoms. The van der Waals surface area contributed by atoms with Crippen LogP contribution in [0.4, 0.5) is 0 Å². The molecule has 2 aromatic rings. The quantitative estimate of drug-likeness (QED) is 0.818. The highest BCUT2D eigenvalue weighted by atomic mass is 16.5. The van der Waals surface area contributed by atoms with Gasteiger partial charge >= 0.3 is 5.97 Å². The summed E-state index contributed by atoms with van der Waals surface area (Å²) in [5.41, 5.74) is 1.49. The number of ether oxygens (including phenoxy) is 1. The number of carboxylic acids is 1. The van der Waals surface area contributed by atoms with Crippen molar-refractivity contribution in [3.8, 4) is 17.0 Å². The van der Waals surface area contributed by atoms with Gasteiger partial charge in [0, 0.05) is 17.5 Å². The Hall–Kier alpha value is -2.63. The number of H-pyrrole nitrogens is 1. The number of nitrogens with one attached hydrogen (secondary N) is 1. The lowest BCUT2D eigenvalue weighted by molar-refractivity contribution is -0.136. The zero-order valence-corrected chi connectivity index (χ0v) is 12.3. The van der Waals surface area contributed by atoms with Crippen LogP contribution < -0.4 is 10.3 Å². The lowest BCUT2D eigenvalue weighted by atomic mass is 10.1. The normalized spacial score (nSPS) is 10.4. The number of aromatic nitrogens is 2. The zero-order chi connectivity index (χ0) is 15.9. The molecule has 1 heterocycles. The molecule has 0 aliphatic rings. The highest BCUT2D eigenvalue weighted by molar-refractivity contribution is 5.67. The lowest BCUT2D eigenvalue weighted by Gasteiger charge is -2.06. The topological polar surface area (TPSA) is 92.3 Å². The Morgan fingerprint density at radius 3 is 2.68 bits per heavy atom. The van der Waals surface area contributed by atoms with Crippen molar-refractivity contribution in [1.29, 1.82) is 0 Å². The number of rotatable bonds is 7. The molecule has 0 aliphatic heterocycles. The predicted octanol–water partition coefficient (Wildman–Crippen LogP) is 2.24. The van der Waals surface area contributed by atoms with Gasteiger partial charge in [-0.2, -0.15) is 5.10 Å². The van der Waals surface area contributed by atoms with Crippen LogP contribution in [0.25, 0.3) is 11.3 Å². The highest BCUT2D eigenvalue weighted by Crippen LogP contribution is 2.20. The Morgan fingerprint density at radius 2 is 2.05 bits per heavy atom. The summed E-state index contributed by atoms with van der Waals surface area (Å²) in [6, 6.07) is 9.02. The molecule has 1 aromatic heterocycles. The van der Waals surface area contributed by atoms with Crippen LogP contribution in [0.5, 0.6) is 5.75 Å². The van der Waals surface area contributed by atoms with E-state index in [9.17, 15) is 9.59 Å². The van der Waals surface area contributed by atoms with Crippen molar-refractivity contribution in [3.05, 3.63) is 46.2 Å². The number of aliphatic carboxylic acids is 1. The molecule has 0 saturated carbocycles. The van der Waals surface area contributed by atoms with Crippen LogP contribution >= 0.6 is 0 Å². The van der Waals surface area contributed by atoms with Crippen molar-refractivity contribution in [1.82, 2.24) is 10.2 Å². The molecule has 0 spiro atoms. The number of nitrogens with zero attached hydrogens (tertiary/aromatic N) is 1. The first-order chi connectivity index (χ1) is 10.6. The number of carbonyl (C=O) groups is 1. The number of carboxylic acid groups (broad SMARTS) is 1. The Labute approximate surface area is 127 Å². The van der Waals surface area contributed by atoms with Gasteiger partial charge in [0.25, 0.3) is 5.56 Å². The van der Waals surface area contributed by atoms with E-state index < -0.39 is 5.97 Å². The summed E-state index contributed by atoms with van der Waals surface area (Å²) in [5, 5.41) is 15.1. The molecule has 0 amide bonds. The van der Waals surface area contributed by atoms with E-state index >= 15 is 0 Å². The Balaban J connectivity index is 2.19. The van der Waals surface area contributed by atoms with E-state index in [1.54, 1.807) is 6.07 Å². The van der Waals surface area contributed by atoms with Gasteiger partial charge in [0.1, 0.15) is 5.75 Å². The van der Waals surface area contributed by atoms with Crippen LogP contribution in [-0.2, 0) is 11.2 Å². The monoisotopic (exact) mass is 302 g/mol. The second-order valence-corrected chi connectivity index (χ2v) is 4.87. The molecule has 0 saturated heterocycles. The number of hydrogen-bond acceptors (Lipinski definition) is 4. The predicted molar refractivity (Wildman–Crippen MR) is 82.0 cm³/mol. The molecular formula is C16H18N2O4. The van der Waals surface area contributed by atoms with Gasteiger partial charge in [-0.25, -0.2) is 5.10 Å². The average Bonchev–Trinajstić information content (AvgIpc) is 2.52. The Kier molecular flexibility index (Phi) is 5.30. The first kappa shape index (κ1) is 15.8. The molecule has 116 valence electrons. The Bertz CT molecular complexity index is 692. The number of aromatic amines is 1. The molecule has 6 heteroatoms. The summed E-state index contributed by atoms with van der Waals surface area (Å²) in [7, 11) is 0. The van der Waals surface area contributed by atoms with Gasteiger partial charge in [0.05, 0.1) is 12.3 Å². The minimum Gasteiger partial charge on any atom is -0.494 e. The van der Waals surface area contributed by atoms with E-state index in [4.69, 9.17) is 9.84 Å². The average molecular weight is 302 g/mol. The molecule has 0 radical (unpaired) electrons. The van der Waals surface area contributed by atoms with Crippen molar-refractivity contribution < 1.29 is 14.6 Å². The van der Waals surface area contributed by atoms with Crippen LogP contribution in [0.1, 0.15) is 25.3 Å². The summed E-state index contributed by atoms with van der Waals surface area (Å²) in [5.74, 6) is -0.156. The maximum absolute atomic E-state index is 11.7. The second kappa shape index (κ2) is 7.40. The maximum atomic E-state index is 11.7. The first-order valence-electron chi connectivity index (χ1n) is 7.13. The molecule has 0 atom stereocenters. The van der Waals surface area contributed by atoms with Gasteiger partial charge in [-0.1, -0.05) is 6.92 Å². The fraction of sp³-hybridized carbons (Fsp3) is 0.312. The number of aryl methyl sites for hydroxylation is 1. The van der Waals surface area contributed by atoms with Crippen LogP contribution in [-0.4, -0.2) is 27.9 Å². The fourth-order valence-electron chi connectivity index (χ4n) is 1.96. The standard InChI is InChI=1S/C16H18N2O4/c1-2-9-22-13-6-3-11(4-7-13)14-10-12(5-8-15(19)20)16(21)18-17-14/h3-4,6-7,10H,2,5,8-9H2,1H3,(H,18,21)(H,19,20). The first-order valence-corrected chi connectivity index (χ1v) is 7.13. The molecule has 2 N–H and O–H groups in total. The zero-order valence-electron chi connectivity index (χ0n) is 12.3. The molecular weight excluding hydrogens is 284 g/mol. The summed E-state index contributed by atoms with van der Waals surface area (Å²) in [4.78, 5) is 22.3. The maximum Gasteiger partial charge on any atom is 0.303 e. The molecule has 0 fully saturated rings. The third kappa shape index (κ3) is 4.18. The van der Waals surface area contributed by atoms with E-state index in [1.165, 1.54) is 0 Å². The van der Waals surface area contributed by atoms with Crippen LogP contribution in [0.2, 0.25) is 0 Å². The van der Waals surface area contributed by atoms with E-state index in [1.807, 2.05) is 31.2 Å². The molecule has 0 aliphatic carbocycles. The van der Waals surface area contributed by atoms with Crippen LogP contribution in [0, 0.1) is 0 Å². The third-order valence-electron chi connectivity index (χ3n) is 3.11.